The average molecular weight is 375 g/mol. The normalized spacial score (nSPS) is 17.9. The summed E-state index contributed by atoms with van der Waals surface area (Å²) in [4.78, 5) is 25.4. The molecule has 0 bridgehead atoms. The number of halogens is 1. The van der Waals surface area contributed by atoms with Gasteiger partial charge in [0.15, 0.2) is 11.6 Å². The van der Waals surface area contributed by atoms with E-state index in [0.717, 1.165) is 9.80 Å². The highest BCUT2D eigenvalue weighted by molar-refractivity contribution is 8.22. The van der Waals surface area contributed by atoms with Gasteiger partial charge in [-0.05, 0) is 24.0 Å². The number of hydrogen-bond acceptors (Lipinski definition) is 4. The third-order valence-corrected chi connectivity index (χ3v) is 6.55. The second kappa shape index (κ2) is 7.60. The number of hydrogen-bond donors (Lipinski definition) is 0. The summed E-state index contributed by atoms with van der Waals surface area (Å²) >= 11 is 8.98. The Balaban J connectivity index is 1.93. The van der Waals surface area contributed by atoms with Crippen molar-refractivity contribution in [1.29, 1.82) is 0 Å². The molecule has 0 saturated heterocycles. The van der Waals surface area contributed by atoms with E-state index in [2.05, 4.69) is 0 Å². The van der Waals surface area contributed by atoms with E-state index < -0.39 is 0 Å². The molecule has 5 heteroatoms. The van der Waals surface area contributed by atoms with Crippen LogP contribution >= 0.6 is 35.1 Å². The lowest BCUT2D eigenvalue weighted by Crippen LogP contribution is -2.20. The maximum atomic E-state index is 12.7. The molecular weight excluding hydrogens is 360 g/mol. The molecule has 1 heterocycles. The molecule has 0 aliphatic carbocycles. The van der Waals surface area contributed by atoms with Gasteiger partial charge in [-0.3, -0.25) is 9.59 Å². The summed E-state index contributed by atoms with van der Waals surface area (Å²) in [6.45, 7) is 0. The fourth-order valence-corrected chi connectivity index (χ4v) is 4.96. The minimum absolute atomic E-state index is 0.0181. The number of rotatable bonds is 4. The van der Waals surface area contributed by atoms with Gasteiger partial charge in [-0.25, -0.2) is 0 Å². The lowest BCUT2D eigenvalue weighted by molar-refractivity contribution is -0.115. The highest BCUT2D eigenvalue weighted by Crippen LogP contribution is 2.48. The predicted octanol–water partition coefficient (Wildman–Crippen LogP) is 5.54. The first kappa shape index (κ1) is 17.3. The van der Waals surface area contributed by atoms with Crippen LogP contribution in [0.15, 0.2) is 64.4 Å². The monoisotopic (exact) mass is 374 g/mol. The van der Waals surface area contributed by atoms with Crippen LogP contribution in [0.4, 0.5) is 0 Å². The Morgan fingerprint density at radius 1 is 1.12 bits per heavy atom. The molecule has 0 amide bonds. The number of thioether (sulfide) groups is 2. The van der Waals surface area contributed by atoms with Gasteiger partial charge in [0.05, 0.1) is 9.81 Å². The van der Waals surface area contributed by atoms with Crippen molar-refractivity contribution in [3.63, 3.8) is 0 Å². The van der Waals surface area contributed by atoms with Gasteiger partial charge in [0.1, 0.15) is 0 Å². The van der Waals surface area contributed by atoms with Gasteiger partial charge in [-0.2, -0.15) is 0 Å². The van der Waals surface area contributed by atoms with Crippen LogP contribution in [0.2, 0.25) is 5.02 Å². The van der Waals surface area contributed by atoms with Crippen LogP contribution in [-0.4, -0.2) is 17.8 Å². The van der Waals surface area contributed by atoms with Gasteiger partial charge in [0.25, 0.3) is 0 Å². The molecule has 1 aliphatic rings. The molecule has 0 radical (unpaired) electrons. The molecule has 2 aromatic rings. The molecule has 1 atom stereocenters. The molecule has 1 aliphatic heterocycles. The Labute approximate surface area is 154 Å². The van der Waals surface area contributed by atoms with Crippen molar-refractivity contribution in [2.45, 2.75) is 11.7 Å². The summed E-state index contributed by atoms with van der Waals surface area (Å²) in [5, 5.41) is 0.691. The summed E-state index contributed by atoms with van der Waals surface area (Å²) in [5.41, 5.74) is 1.93. The molecule has 0 fully saturated rings. The molecule has 2 aromatic carbocycles. The number of Topliss-reactive ketones (excluding diaryl/α,β-unsaturated/α-hetero) is 2. The summed E-state index contributed by atoms with van der Waals surface area (Å²) < 4.78 is 0.792. The molecule has 0 aromatic heterocycles. The molecule has 0 N–H and O–H groups in total. The van der Waals surface area contributed by atoms with Crippen molar-refractivity contribution in [2.75, 3.05) is 6.26 Å². The van der Waals surface area contributed by atoms with Crippen molar-refractivity contribution in [3.05, 3.63) is 80.6 Å². The first-order valence-electron chi connectivity index (χ1n) is 7.43. The highest BCUT2D eigenvalue weighted by atomic mass is 35.5. The third-order valence-electron chi connectivity index (χ3n) is 3.79. The Hall–Kier alpha value is -1.49. The smallest absolute Gasteiger partial charge is 0.198 e. The lowest BCUT2D eigenvalue weighted by atomic mass is 9.96. The molecular formula is C19H15ClO2S2. The largest absolute Gasteiger partial charge is 0.294 e. The minimum atomic E-state index is -0.188. The van der Waals surface area contributed by atoms with Gasteiger partial charge in [0.2, 0.25) is 0 Å². The zero-order valence-electron chi connectivity index (χ0n) is 13.0. The molecule has 0 spiro atoms. The number of carbonyl (C=O) groups excluding carboxylic acids is 2. The Morgan fingerprint density at radius 3 is 2.42 bits per heavy atom. The van der Waals surface area contributed by atoms with Crippen molar-refractivity contribution < 1.29 is 9.59 Å². The van der Waals surface area contributed by atoms with Crippen LogP contribution in [0, 0.1) is 0 Å². The van der Waals surface area contributed by atoms with Crippen molar-refractivity contribution in [3.8, 4) is 0 Å². The SMILES string of the molecule is CSC1=C(C(=O)c2ccccc2)C(=O)C[C@@H](c2ccc(Cl)cc2)S1. The van der Waals surface area contributed by atoms with Crippen LogP contribution in [0.1, 0.15) is 27.6 Å². The third kappa shape index (κ3) is 3.61. The molecule has 2 nitrogen and oxygen atoms in total. The minimum Gasteiger partial charge on any atom is -0.294 e. The number of carbonyl (C=O) groups is 2. The molecule has 24 heavy (non-hydrogen) atoms. The Kier molecular flexibility index (Phi) is 5.49. The van der Waals surface area contributed by atoms with Crippen molar-refractivity contribution in [1.82, 2.24) is 0 Å². The van der Waals surface area contributed by atoms with E-state index in [-0.39, 0.29) is 16.8 Å². The number of allylic oxidation sites excluding steroid dienone is 1. The fraction of sp³-hybridized carbons (Fsp3) is 0.158. The van der Waals surface area contributed by atoms with Crippen LogP contribution in [-0.2, 0) is 4.79 Å². The number of ketones is 2. The second-order valence-electron chi connectivity index (χ2n) is 5.35. The van der Waals surface area contributed by atoms with Gasteiger partial charge in [-0.1, -0.05) is 54.1 Å². The molecule has 3 rings (SSSR count). The standard InChI is InChI=1S/C19H15ClO2S2/c1-23-19-17(18(22)13-5-3-2-4-6-13)15(21)11-16(24-19)12-7-9-14(20)10-8-12/h2-10,16H,11H2,1H3/t16-/m0/s1. The summed E-state index contributed by atoms with van der Waals surface area (Å²) in [6.07, 6.45) is 2.22. The Bertz CT molecular complexity index is 798. The van der Waals surface area contributed by atoms with E-state index in [4.69, 9.17) is 11.6 Å². The van der Waals surface area contributed by atoms with Crippen molar-refractivity contribution >= 4 is 46.7 Å². The van der Waals surface area contributed by atoms with Gasteiger partial charge < -0.3 is 0 Å². The van der Waals surface area contributed by atoms with E-state index >= 15 is 0 Å². The first-order chi connectivity index (χ1) is 11.6. The fourth-order valence-electron chi connectivity index (χ4n) is 2.58. The van der Waals surface area contributed by atoms with E-state index in [1.807, 2.05) is 48.7 Å². The molecule has 122 valence electrons. The second-order valence-corrected chi connectivity index (χ2v) is 8.07. The van der Waals surface area contributed by atoms with E-state index in [9.17, 15) is 9.59 Å². The summed E-state index contributed by atoms with van der Waals surface area (Å²) in [5.74, 6) is -0.279. The van der Waals surface area contributed by atoms with E-state index in [1.165, 1.54) is 11.8 Å². The van der Waals surface area contributed by atoms with Crippen molar-refractivity contribution in [2.24, 2.45) is 0 Å². The molecule has 0 saturated carbocycles. The predicted molar refractivity (Wildman–Crippen MR) is 103 cm³/mol. The Morgan fingerprint density at radius 2 is 1.79 bits per heavy atom. The quantitative estimate of drug-likeness (QED) is 0.519. The zero-order valence-corrected chi connectivity index (χ0v) is 15.4. The lowest BCUT2D eigenvalue weighted by Gasteiger charge is -2.24. The van der Waals surface area contributed by atoms with E-state index in [0.29, 0.717) is 22.6 Å². The maximum absolute atomic E-state index is 12.7. The van der Waals surface area contributed by atoms with E-state index in [1.54, 1.807) is 23.9 Å². The summed E-state index contributed by atoms with van der Waals surface area (Å²) in [7, 11) is 0. The zero-order chi connectivity index (χ0) is 17.1. The average Bonchev–Trinajstić information content (AvgIpc) is 2.61. The highest BCUT2D eigenvalue weighted by Gasteiger charge is 2.33. The van der Waals surface area contributed by atoms with Crippen LogP contribution in [0.5, 0.6) is 0 Å². The molecule has 0 unspecified atom stereocenters. The topological polar surface area (TPSA) is 34.1 Å². The van der Waals surface area contributed by atoms with Crippen LogP contribution in [0.25, 0.3) is 0 Å². The first-order valence-corrected chi connectivity index (χ1v) is 9.91. The van der Waals surface area contributed by atoms with Gasteiger partial charge in [-0.15, -0.1) is 23.5 Å². The number of benzene rings is 2. The van der Waals surface area contributed by atoms with Gasteiger partial charge in [0, 0.05) is 22.3 Å². The van der Waals surface area contributed by atoms with Crippen LogP contribution in [0.3, 0.4) is 0 Å². The summed E-state index contributed by atoms with van der Waals surface area (Å²) in [6, 6.07) is 16.5. The maximum Gasteiger partial charge on any atom is 0.198 e. The van der Waals surface area contributed by atoms with Gasteiger partial charge >= 0.3 is 0 Å². The van der Waals surface area contributed by atoms with Crippen LogP contribution < -0.4 is 0 Å².